The van der Waals surface area contributed by atoms with Crippen LogP contribution in [0.25, 0.3) is 0 Å². The normalized spacial score (nSPS) is 22.1. The third kappa shape index (κ3) is 5.68. The number of nitrogens with one attached hydrogen (secondary N) is 1. The van der Waals surface area contributed by atoms with Gasteiger partial charge in [-0.3, -0.25) is 9.59 Å². The van der Waals surface area contributed by atoms with Crippen molar-refractivity contribution >= 4 is 11.8 Å². The van der Waals surface area contributed by atoms with Gasteiger partial charge in [-0.25, -0.2) is 0 Å². The third-order valence-electron chi connectivity index (χ3n) is 4.26. The molecule has 122 valence electrons. The van der Waals surface area contributed by atoms with Crippen LogP contribution in [-0.2, 0) is 9.59 Å². The maximum Gasteiger partial charge on any atom is 0.247 e. The summed E-state index contributed by atoms with van der Waals surface area (Å²) in [6.07, 6.45) is 9.07. The Morgan fingerprint density at radius 2 is 1.67 bits per heavy atom. The molecule has 1 atom stereocenters. The van der Waals surface area contributed by atoms with E-state index in [9.17, 15) is 9.59 Å². The van der Waals surface area contributed by atoms with Crippen LogP contribution in [0.3, 0.4) is 0 Å². The summed E-state index contributed by atoms with van der Waals surface area (Å²) in [6.45, 7) is 8.56. The van der Waals surface area contributed by atoms with E-state index in [1.807, 2.05) is 11.8 Å². The van der Waals surface area contributed by atoms with Crippen molar-refractivity contribution in [2.45, 2.75) is 90.6 Å². The third-order valence-corrected chi connectivity index (χ3v) is 4.26. The van der Waals surface area contributed by atoms with Gasteiger partial charge in [0.05, 0.1) is 0 Å². The number of rotatable bonds is 8. The Labute approximate surface area is 129 Å². The van der Waals surface area contributed by atoms with Gasteiger partial charge in [0.25, 0.3) is 0 Å². The molecule has 1 aliphatic heterocycles. The van der Waals surface area contributed by atoms with Gasteiger partial charge in [-0.1, -0.05) is 45.4 Å². The van der Waals surface area contributed by atoms with Gasteiger partial charge in [0.15, 0.2) is 0 Å². The SMILES string of the molecule is CCCCCCCCCN1C(=O)C(C)(C)NC(=O)CC1C. The van der Waals surface area contributed by atoms with Crippen molar-refractivity contribution in [1.82, 2.24) is 10.2 Å². The van der Waals surface area contributed by atoms with Gasteiger partial charge in [-0.05, 0) is 27.2 Å². The lowest BCUT2D eigenvalue weighted by atomic mass is 10.0. The zero-order chi connectivity index (χ0) is 15.9. The first-order valence-electron chi connectivity index (χ1n) is 8.50. The minimum atomic E-state index is -0.775. The van der Waals surface area contributed by atoms with E-state index < -0.39 is 5.54 Å². The highest BCUT2D eigenvalue weighted by Gasteiger charge is 2.39. The highest BCUT2D eigenvalue weighted by Crippen LogP contribution is 2.19. The largest absolute Gasteiger partial charge is 0.342 e. The average Bonchev–Trinajstić information content (AvgIpc) is 2.46. The van der Waals surface area contributed by atoms with Crippen LogP contribution in [0.4, 0.5) is 0 Å². The molecule has 1 unspecified atom stereocenters. The molecule has 1 saturated heterocycles. The number of nitrogens with zero attached hydrogens (tertiary/aromatic N) is 1. The van der Waals surface area contributed by atoms with E-state index >= 15 is 0 Å². The predicted octanol–water partition coefficient (Wildman–Crippen LogP) is 3.25. The Morgan fingerprint density at radius 1 is 1.10 bits per heavy atom. The van der Waals surface area contributed by atoms with Crippen molar-refractivity contribution in [2.24, 2.45) is 0 Å². The molecule has 1 aliphatic rings. The smallest absolute Gasteiger partial charge is 0.247 e. The van der Waals surface area contributed by atoms with E-state index in [0.29, 0.717) is 6.42 Å². The molecule has 0 aliphatic carbocycles. The first-order valence-corrected chi connectivity index (χ1v) is 8.50. The Morgan fingerprint density at radius 3 is 2.29 bits per heavy atom. The van der Waals surface area contributed by atoms with Crippen molar-refractivity contribution in [3.63, 3.8) is 0 Å². The Kier molecular flexibility index (Phi) is 7.20. The zero-order valence-electron chi connectivity index (χ0n) is 14.2. The standard InChI is InChI=1S/C17H32N2O2/c1-5-6-7-8-9-10-11-12-19-14(2)13-15(20)18-17(3,4)16(19)21/h14H,5-13H2,1-4H3,(H,18,20). The molecule has 1 N–H and O–H groups in total. The van der Waals surface area contributed by atoms with Crippen LogP contribution in [0, 0.1) is 0 Å². The molecule has 1 heterocycles. The second-order valence-electron chi connectivity index (χ2n) is 6.85. The highest BCUT2D eigenvalue weighted by atomic mass is 16.2. The first kappa shape index (κ1) is 18.0. The number of carbonyl (C=O) groups is 2. The van der Waals surface area contributed by atoms with Gasteiger partial charge in [0.1, 0.15) is 5.54 Å². The van der Waals surface area contributed by atoms with E-state index in [0.717, 1.165) is 13.0 Å². The van der Waals surface area contributed by atoms with Gasteiger partial charge >= 0.3 is 0 Å². The lowest BCUT2D eigenvalue weighted by Gasteiger charge is -2.32. The molecule has 2 amide bonds. The Bertz CT molecular complexity index is 353. The topological polar surface area (TPSA) is 49.4 Å². The van der Waals surface area contributed by atoms with Gasteiger partial charge < -0.3 is 10.2 Å². The van der Waals surface area contributed by atoms with Crippen molar-refractivity contribution in [2.75, 3.05) is 6.54 Å². The summed E-state index contributed by atoms with van der Waals surface area (Å²) in [7, 11) is 0. The summed E-state index contributed by atoms with van der Waals surface area (Å²) >= 11 is 0. The van der Waals surface area contributed by atoms with Crippen molar-refractivity contribution in [3.8, 4) is 0 Å². The molecular weight excluding hydrogens is 264 g/mol. The quantitative estimate of drug-likeness (QED) is 0.699. The van der Waals surface area contributed by atoms with E-state index in [1.165, 1.54) is 38.5 Å². The molecule has 0 saturated carbocycles. The van der Waals surface area contributed by atoms with E-state index in [2.05, 4.69) is 12.2 Å². The number of hydrogen-bond donors (Lipinski definition) is 1. The second-order valence-corrected chi connectivity index (χ2v) is 6.85. The maximum atomic E-state index is 12.5. The molecule has 0 aromatic rings. The summed E-state index contributed by atoms with van der Waals surface area (Å²) in [4.78, 5) is 26.2. The highest BCUT2D eigenvalue weighted by molar-refractivity contribution is 5.93. The number of carbonyl (C=O) groups excluding carboxylic acids is 2. The fraction of sp³-hybridized carbons (Fsp3) is 0.882. The fourth-order valence-electron chi connectivity index (χ4n) is 2.95. The van der Waals surface area contributed by atoms with Crippen molar-refractivity contribution in [1.29, 1.82) is 0 Å². The minimum Gasteiger partial charge on any atom is -0.342 e. The minimum absolute atomic E-state index is 0.000587. The van der Waals surface area contributed by atoms with Crippen LogP contribution in [0.1, 0.15) is 79.1 Å². The van der Waals surface area contributed by atoms with Crippen LogP contribution < -0.4 is 5.32 Å². The predicted molar refractivity (Wildman–Crippen MR) is 86.0 cm³/mol. The Hall–Kier alpha value is -1.06. The monoisotopic (exact) mass is 296 g/mol. The lowest BCUT2D eigenvalue weighted by molar-refractivity contribution is -0.138. The molecule has 0 spiro atoms. The van der Waals surface area contributed by atoms with E-state index in [-0.39, 0.29) is 17.9 Å². The second kappa shape index (κ2) is 8.40. The number of amides is 2. The summed E-state index contributed by atoms with van der Waals surface area (Å²) in [5.74, 6) is 0.0229. The number of hydrogen-bond acceptors (Lipinski definition) is 2. The van der Waals surface area contributed by atoms with Crippen LogP contribution in [0.15, 0.2) is 0 Å². The summed E-state index contributed by atoms with van der Waals surface area (Å²) < 4.78 is 0. The summed E-state index contributed by atoms with van der Waals surface area (Å²) in [6, 6.07) is -0.000587. The molecule has 21 heavy (non-hydrogen) atoms. The summed E-state index contributed by atoms with van der Waals surface area (Å²) in [5, 5.41) is 2.82. The van der Waals surface area contributed by atoms with Gasteiger partial charge in [0, 0.05) is 19.0 Å². The van der Waals surface area contributed by atoms with Crippen molar-refractivity contribution in [3.05, 3.63) is 0 Å². The molecule has 0 radical (unpaired) electrons. The number of unbranched alkanes of at least 4 members (excludes halogenated alkanes) is 6. The molecule has 1 fully saturated rings. The summed E-state index contributed by atoms with van der Waals surface area (Å²) in [5.41, 5.74) is -0.775. The average molecular weight is 296 g/mol. The van der Waals surface area contributed by atoms with Crippen molar-refractivity contribution < 1.29 is 9.59 Å². The van der Waals surface area contributed by atoms with Gasteiger partial charge in [-0.2, -0.15) is 0 Å². The molecule has 0 aromatic carbocycles. The van der Waals surface area contributed by atoms with Crippen LogP contribution in [-0.4, -0.2) is 34.8 Å². The molecule has 1 rings (SSSR count). The maximum absolute atomic E-state index is 12.5. The van der Waals surface area contributed by atoms with Gasteiger partial charge in [-0.15, -0.1) is 0 Å². The Balaban J connectivity index is 2.40. The van der Waals surface area contributed by atoms with Crippen LogP contribution in [0.2, 0.25) is 0 Å². The zero-order valence-corrected chi connectivity index (χ0v) is 14.2. The van der Waals surface area contributed by atoms with Gasteiger partial charge in [0.2, 0.25) is 11.8 Å². The van der Waals surface area contributed by atoms with E-state index in [1.54, 1.807) is 13.8 Å². The molecule has 0 bridgehead atoms. The first-order chi connectivity index (χ1) is 9.88. The van der Waals surface area contributed by atoms with Crippen LogP contribution >= 0.6 is 0 Å². The molecule has 4 nitrogen and oxygen atoms in total. The fourth-order valence-corrected chi connectivity index (χ4v) is 2.95. The van der Waals surface area contributed by atoms with E-state index in [4.69, 9.17) is 0 Å². The lowest BCUT2D eigenvalue weighted by Crippen LogP contribution is -2.53. The molecular formula is C17H32N2O2. The van der Waals surface area contributed by atoms with Crippen LogP contribution in [0.5, 0.6) is 0 Å². The molecule has 4 heteroatoms. The molecule has 0 aromatic heterocycles.